The van der Waals surface area contributed by atoms with Crippen molar-refractivity contribution in [1.29, 1.82) is 0 Å². The first-order valence-electron chi connectivity index (χ1n) is 10.6. The zero-order valence-corrected chi connectivity index (χ0v) is 17.4. The van der Waals surface area contributed by atoms with Gasteiger partial charge in [-0.05, 0) is 67.0 Å². The molecule has 0 radical (unpaired) electrons. The maximum atomic E-state index is 12.0. The van der Waals surface area contributed by atoms with Gasteiger partial charge >= 0.3 is 11.8 Å². The van der Waals surface area contributed by atoms with Crippen LogP contribution in [0.4, 0.5) is 11.4 Å². The van der Waals surface area contributed by atoms with E-state index < -0.39 is 11.8 Å². The molecule has 154 valence electrons. The molecule has 1 saturated heterocycles. The summed E-state index contributed by atoms with van der Waals surface area (Å²) < 4.78 is 0. The molecule has 0 bridgehead atoms. The van der Waals surface area contributed by atoms with Gasteiger partial charge in [-0.25, -0.2) is 0 Å². The van der Waals surface area contributed by atoms with E-state index >= 15 is 0 Å². The molecule has 0 spiro atoms. The van der Waals surface area contributed by atoms with Crippen LogP contribution in [0.25, 0.3) is 0 Å². The van der Waals surface area contributed by atoms with Gasteiger partial charge in [-0.1, -0.05) is 38.1 Å². The van der Waals surface area contributed by atoms with Crippen molar-refractivity contribution in [2.45, 2.75) is 45.4 Å². The van der Waals surface area contributed by atoms with Crippen molar-refractivity contribution in [2.24, 2.45) is 0 Å². The van der Waals surface area contributed by atoms with E-state index in [-0.39, 0.29) is 0 Å². The molecule has 2 amide bonds. The summed E-state index contributed by atoms with van der Waals surface area (Å²) in [4.78, 5) is 26.4. The van der Waals surface area contributed by atoms with E-state index in [0.717, 1.165) is 25.9 Å². The van der Waals surface area contributed by atoms with Crippen LogP contribution in [0.3, 0.4) is 0 Å². The third kappa shape index (κ3) is 6.08. The van der Waals surface area contributed by atoms with Crippen molar-refractivity contribution in [1.82, 2.24) is 5.32 Å². The molecule has 2 N–H and O–H groups in total. The number of benzene rings is 2. The van der Waals surface area contributed by atoms with E-state index in [4.69, 9.17) is 0 Å². The maximum Gasteiger partial charge on any atom is 0.313 e. The Morgan fingerprint density at radius 3 is 2.21 bits per heavy atom. The predicted octanol–water partition coefficient (Wildman–Crippen LogP) is 4.10. The second-order valence-corrected chi connectivity index (χ2v) is 7.95. The fourth-order valence-corrected chi connectivity index (χ4v) is 3.56. The van der Waals surface area contributed by atoms with Gasteiger partial charge in [0.25, 0.3) is 0 Å². The van der Waals surface area contributed by atoms with E-state index in [0.29, 0.717) is 18.2 Å². The Morgan fingerprint density at radius 1 is 0.931 bits per heavy atom. The molecule has 0 aliphatic carbocycles. The third-order valence-corrected chi connectivity index (χ3v) is 5.38. The largest absolute Gasteiger partial charge is 0.372 e. The van der Waals surface area contributed by atoms with E-state index in [2.05, 4.69) is 53.6 Å². The fourth-order valence-electron chi connectivity index (χ4n) is 3.56. The highest BCUT2D eigenvalue weighted by Crippen LogP contribution is 2.21. The van der Waals surface area contributed by atoms with Crippen LogP contribution in [-0.2, 0) is 16.0 Å². The Morgan fingerprint density at radius 2 is 1.59 bits per heavy atom. The highest BCUT2D eigenvalue weighted by atomic mass is 16.2. The van der Waals surface area contributed by atoms with Crippen molar-refractivity contribution in [2.75, 3.05) is 29.9 Å². The first kappa shape index (κ1) is 20.9. The number of hydrogen-bond donors (Lipinski definition) is 2. The van der Waals surface area contributed by atoms with Crippen molar-refractivity contribution in [3.8, 4) is 0 Å². The lowest BCUT2D eigenvalue weighted by Crippen LogP contribution is -2.36. The van der Waals surface area contributed by atoms with Gasteiger partial charge in [-0.2, -0.15) is 0 Å². The number of anilines is 2. The minimum atomic E-state index is -0.628. The molecular weight excluding hydrogens is 362 g/mol. The summed E-state index contributed by atoms with van der Waals surface area (Å²) in [6.07, 6.45) is 4.22. The lowest BCUT2D eigenvalue weighted by Gasteiger charge is -2.17. The van der Waals surface area contributed by atoms with Crippen LogP contribution in [0.1, 0.15) is 50.2 Å². The first-order valence-corrected chi connectivity index (χ1v) is 10.6. The van der Waals surface area contributed by atoms with E-state index in [1.165, 1.54) is 29.7 Å². The van der Waals surface area contributed by atoms with Crippen molar-refractivity contribution >= 4 is 23.2 Å². The van der Waals surface area contributed by atoms with Gasteiger partial charge in [-0.3, -0.25) is 9.59 Å². The molecule has 1 heterocycles. The number of aryl methyl sites for hydroxylation is 1. The van der Waals surface area contributed by atoms with E-state index in [1.54, 1.807) is 0 Å². The van der Waals surface area contributed by atoms with Crippen LogP contribution in [0.2, 0.25) is 0 Å². The summed E-state index contributed by atoms with van der Waals surface area (Å²) in [5.74, 6) is -0.793. The minimum absolute atomic E-state index is 0.430. The molecule has 0 unspecified atom stereocenters. The lowest BCUT2D eigenvalue weighted by molar-refractivity contribution is -0.136. The van der Waals surface area contributed by atoms with Crippen LogP contribution in [0, 0.1) is 0 Å². The van der Waals surface area contributed by atoms with Crippen LogP contribution in [0.5, 0.6) is 0 Å². The minimum Gasteiger partial charge on any atom is -0.372 e. The van der Waals surface area contributed by atoms with Gasteiger partial charge in [0.15, 0.2) is 0 Å². The quantitative estimate of drug-likeness (QED) is 0.550. The monoisotopic (exact) mass is 393 g/mol. The lowest BCUT2D eigenvalue weighted by atomic mass is 10.0. The Balaban J connectivity index is 1.37. The van der Waals surface area contributed by atoms with Gasteiger partial charge in [0.1, 0.15) is 0 Å². The second-order valence-electron chi connectivity index (χ2n) is 7.95. The van der Waals surface area contributed by atoms with Gasteiger partial charge in [0, 0.05) is 31.0 Å². The second kappa shape index (κ2) is 10.1. The van der Waals surface area contributed by atoms with Gasteiger partial charge in [0.05, 0.1) is 0 Å². The Labute approximate surface area is 173 Å². The summed E-state index contributed by atoms with van der Waals surface area (Å²) in [6, 6.07) is 16.2. The third-order valence-electron chi connectivity index (χ3n) is 5.38. The summed E-state index contributed by atoms with van der Waals surface area (Å²) in [5, 5.41) is 5.34. The number of rotatable bonds is 7. The zero-order chi connectivity index (χ0) is 20.6. The molecule has 5 heteroatoms. The molecule has 5 nitrogen and oxygen atoms in total. The molecule has 3 rings (SSSR count). The van der Waals surface area contributed by atoms with Crippen LogP contribution in [0.15, 0.2) is 48.5 Å². The molecular formula is C24H31N3O2. The Kier molecular flexibility index (Phi) is 7.28. The SMILES string of the molecule is CC(C)c1ccc(NC(=O)C(=O)NCCCc2ccc(N3CCCC3)cc2)cc1. The highest BCUT2D eigenvalue weighted by molar-refractivity contribution is 6.39. The normalized spacial score (nSPS) is 13.6. The molecule has 1 aliphatic rings. The molecule has 1 fully saturated rings. The molecule has 0 aromatic heterocycles. The standard InChI is InChI=1S/C24H31N3O2/c1-18(2)20-9-11-21(12-10-20)26-24(29)23(28)25-15-5-6-19-7-13-22(14-8-19)27-16-3-4-17-27/h7-14,18H,3-6,15-17H2,1-2H3,(H,25,28)(H,26,29). The summed E-state index contributed by atoms with van der Waals surface area (Å²) in [7, 11) is 0. The van der Waals surface area contributed by atoms with E-state index in [9.17, 15) is 9.59 Å². The highest BCUT2D eigenvalue weighted by Gasteiger charge is 2.14. The summed E-state index contributed by atoms with van der Waals surface area (Å²) in [5.41, 5.74) is 4.36. The smallest absolute Gasteiger partial charge is 0.313 e. The molecule has 0 saturated carbocycles. The number of nitrogens with one attached hydrogen (secondary N) is 2. The number of carbonyl (C=O) groups is 2. The summed E-state index contributed by atoms with van der Waals surface area (Å²) in [6.45, 7) is 7.00. The molecule has 2 aromatic carbocycles. The number of hydrogen-bond acceptors (Lipinski definition) is 3. The molecule has 29 heavy (non-hydrogen) atoms. The predicted molar refractivity (Wildman–Crippen MR) is 118 cm³/mol. The van der Waals surface area contributed by atoms with Crippen molar-refractivity contribution in [3.05, 3.63) is 59.7 Å². The average molecular weight is 394 g/mol. The van der Waals surface area contributed by atoms with Crippen LogP contribution < -0.4 is 15.5 Å². The first-order chi connectivity index (χ1) is 14.0. The van der Waals surface area contributed by atoms with Crippen molar-refractivity contribution < 1.29 is 9.59 Å². The Hall–Kier alpha value is -2.82. The fraction of sp³-hybridized carbons (Fsp3) is 0.417. The van der Waals surface area contributed by atoms with E-state index in [1.807, 2.05) is 24.3 Å². The molecule has 0 atom stereocenters. The molecule has 1 aliphatic heterocycles. The van der Waals surface area contributed by atoms with Crippen LogP contribution >= 0.6 is 0 Å². The average Bonchev–Trinajstić information content (AvgIpc) is 3.26. The van der Waals surface area contributed by atoms with Gasteiger partial charge < -0.3 is 15.5 Å². The maximum absolute atomic E-state index is 12.0. The topological polar surface area (TPSA) is 61.4 Å². The number of amides is 2. The Bertz CT molecular complexity index is 807. The zero-order valence-electron chi connectivity index (χ0n) is 17.4. The van der Waals surface area contributed by atoms with Gasteiger partial charge in [0.2, 0.25) is 0 Å². The number of carbonyl (C=O) groups excluding carboxylic acids is 2. The van der Waals surface area contributed by atoms with Gasteiger partial charge in [-0.15, -0.1) is 0 Å². The van der Waals surface area contributed by atoms with Crippen LogP contribution in [-0.4, -0.2) is 31.4 Å². The molecule has 2 aromatic rings. The number of nitrogens with zero attached hydrogens (tertiary/aromatic N) is 1. The summed E-state index contributed by atoms with van der Waals surface area (Å²) >= 11 is 0. The van der Waals surface area contributed by atoms with Crippen molar-refractivity contribution in [3.63, 3.8) is 0 Å².